The van der Waals surface area contributed by atoms with Crippen molar-refractivity contribution in [2.45, 2.75) is 0 Å². The van der Waals surface area contributed by atoms with Gasteiger partial charge < -0.3 is 4.74 Å². The summed E-state index contributed by atoms with van der Waals surface area (Å²) in [6.07, 6.45) is 1.28. The molecule has 0 spiro atoms. The summed E-state index contributed by atoms with van der Waals surface area (Å²) in [6, 6.07) is 1.39. The molecule has 0 saturated heterocycles. The van der Waals surface area contributed by atoms with Gasteiger partial charge in [0.25, 0.3) is 6.47 Å². The van der Waals surface area contributed by atoms with Gasteiger partial charge in [-0.05, 0) is 6.07 Å². The average molecular weight is 192 g/mol. The maximum Gasteiger partial charge on any atom is 0.298 e. The van der Waals surface area contributed by atoms with Gasteiger partial charge in [0.1, 0.15) is 5.15 Å². The van der Waals surface area contributed by atoms with Gasteiger partial charge in [-0.2, -0.15) is 0 Å². The van der Waals surface area contributed by atoms with Gasteiger partial charge in [-0.15, -0.1) is 0 Å². The number of pyridine rings is 1. The van der Waals surface area contributed by atoms with Crippen LogP contribution >= 0.6 is 23.2 Å². The molecular weight excluding hydrogens is 189 g/mol. The van der Waals surface area contributed by atoms with Crippen LogP contribution in [0.4, 0.5) is 0 Å². The fourth-order valence-electron chi connectivity index (χ4n) is 0.533. The molecule has 0 radical (unpaired) electrons. The van der Waals surface area contributed by atoms with E-state index in [1.807, 2.05) is 0 Å². The molecule has 0 aliphatic rings. The van der Waals surface area contributed by atoms with E-state index >= 15 is 0 Å². The minimum atomic E-state index is 0.200. The van der Waals surface area contributed by atoms with E-state index in [9.17, 15) is 4.79 Å². The molecule has 0 aliphatic heterocycles. The summed E-state index contributed by atoms with van der Waals surface area (Å²) in [5.41, 5.74) is 0. The largest absolute Gasteiger partial charge is 0.425 e. The molecule has 58 valence electrons. The minimum absolute atomic E-state index is 0.200. The van der Waals surface area contributed by atoms with Crippen LogP contribution in [0, 0.1) is 0 Å². The standard InChI is InChI=1S/C6H3Cl2NO2/c7-4-1-6(8)9-2-5(4)11-3-10/h1-3H. The molecule has 0 saturated carbocycles. The molecule has 1 aromatic heterocycles. The van der Waals surface area contributed by atoms with Crippen LogP contribution in [-0.2, 0) is 4.79 Å². The fourth-order valence-corrected chi connectivity index (χ4v) is 0.944. The third kappa shape index (κ3) is 2.06. The lowest BCUT2D eigenvalue weighted by Crippen LogP contribution is -1.90. The number of ether oxygens (including phenoxy) is 1. The lowest BCUT2D eigenvalue weighted by atomic mass is 10.5. The Morgan fingerprint density at radius 3 is 2.82 bits per heavy atom. The zero-order valence-corrected chi connectivity index (χ0v) is 6.76. The molecule has 1 aromatic rings. The Bertz CT molecular complexity index is 277. The molecule has 0 bridgehead atoms. The monoisotopic (exact) mass is 191 g/mol. The Kier molecular flexibility index (Phi) is 2.68. The maximum absolute atomic E-state index is 9.87. The van der Waals surface area contributed by atoms with Gasteiger partial charge in [-0.25, -0.2) is 4.98 Å². The molecule has 0 N–H and O–H groups in total. The molecule has 0 unspecified atom stereocenters. The molecule has 1 heterocycles. The number of carbonyl (C=O) groups is 1. The molecular formula is C6H3Cl2NO2. The van der Waals surface area contributed by atoms with Crippen LogP contribution < -0.4 is 4.74 Å². The van der Waals surface area contributed by atoms with Crippen molar-refractivity contribution in [1.82, 2.24) is 4.98 Å². The van der Waals surface area contributed by atoms with Gasteiger partial charge in [0, 0.05) is 0 Å². The Morgan fingerprint density at radius 2 is 2.27 bits per heavy atom. The number of hydrogen-bond acceptors (Lipinski definition) is 3. The Balaban J connectivity index is 2.98. The molecule has 0 amide bonds. The lowest BCUT2D eigenvalue weighted by Gasteiger charge is -1.98. The number of hydrogen-bond donors (Lipinski definition) is 0. The SMILES string of the molecule is O=COc1cnc(Cl)cc1Cl. The van der Waals surface area contributed by atoms with Gasteiger partial charge in [-0.3, -0.25) is 4.79 Å². The summed E-state index contributed by atoms with van der Waals surface area (Å²) in [5, 5.41) is 0.519. The number of aromatic nitrogens is 1. The van der Waals surface area contributed by atoms with E-state index in [0.29, 0.717) is 0 Å². The quantitative estimate of drug-likeness (QED) is 0.530. The van der Waals surface area contributed by atoms with Crippen molar-refractivity contribution in [2.75, 3.05) is 0 Å². The molecule has 0 fully saturated rings. The second-order valence-electron chi connectivity index (χ2n) is 1.65. The zero-order chi connectivity index (χ0) is 8.27. The van der Waals surface area contributed by atoms with Crippen LogP contribution in [0.3, 0.4) is 0 Å². The summed E-state index contributed by atoms with van der Waals surface area (Å²) in [6.45, 7) is 0.275. The number of rotatable bonds is 2. The van der Waals surface area contributed by atoms with E-state index in [0.717, 1.165) is 0 Å². The normalized spacial score (nSPS) is 9.27. The number of halogens is 2. The van der Waals surface area contributed by atoms with Crippen LogP contribution in [0.15, 0.2) is 12.3 Å². The zero-order valence-electron chi connectivity index (χ0n) is 5.25. The van der Waals surface area contributed by atoms with Crippen molar-refractivity contribution in [2.24, 2.45) is 0 Å². The highest BCUT2D eigenvalue weighted by Gasteiger charge is 2.01. The summed E-state index contributed by atoms with van der Waals surface area (Å²) >= 11 is 11.1. The van der Waals surface area contributed by atoms with Crippen molar-refractivity contribution < 1.29 is 9.53 Å². The van der Waals surface area contributed by atoms with Crippen LogP contribution in [-0.4, -0.2) is 11.5 Å². The molecule has 5 heteroatoms. The van der Waals surface area contributed by atoms with Crippen molar-refractivity contribution in [1.29, 1.82) is 0 Å². The number of nitrogens with zero attached hydrogens (tertiary/aromatic N) is 1. The van der Waals surface area contributed by atoms with Crippen molar-refractivity contribution in [3.63, 3.8) is 0 Å². The van der Waals surface area contributed by atoms with Crippen LogP contribution in [0.25, 0.3) is 0 Å². The second kappa shape index (κ2) is 3.55. The summed E-state index contributed by atoms with van der Waals surface area (Å²) in [7, 11) is 0. The first-order valence-electron chi connectivity index (χ1n) is 2.65. The summed E-state index contributed by atoms with van der Waals surface area (Å²) in [4.78, 5) is 13.5. The van der Waals surface area contributed by atoms with Gasteiger partial charge in [0.2, 0.25) is 0 Å². The van der Waals surface area contributed by atoms with Gasteiger partial charge in [0.15, 0.2) is 5.75 Å². The average Bonchev–Trinajstić information content (AvgIpc) is 1.95. The van der Waals surface area contributed by atoms with E-state index in [1.165, 1.54) is 12.3 Å². The molecule has 0 atom stereocenters. The van der Waals surface area contributed by atoms with E-state index in [4.69, 9.17) is 23.2 Å². The van der Waals surface area contributed by atoms with Crippen LogP contribution in [0.2, 0.25) is 10.2 Å². The second-order valence-corrected chi connectivity index (χ2v) is 2.45. The highest BCUT2D eigenvalue weighted by atomic mass is 35.5. The van der Waals surface area contributed by atoms with E-state index < -0.39 is 0 Å². The van der Waals surface area contributed by atoms with Crippen molar-refractivity contribution in [3.8, 4) is 5.75 Å². The van der Waals surface area contributed by atoms with Gasteiger partial charge in [0.05, 0.1) is 11.2 Å². The summed E-state index contributed by atoms with van der Waals surface area (Å²) < 4.78 is 4.46. The molecule has 11 heavy (non-hydrogen) atoms. The fraction of sp³-hybridized carbons (Fsp3) is 0. The topological polar surface area (TPSA) is 39.2 Å². The third-order valence-electron chi connectivity index (χ3n) is 0.961. The number of carbonyl (C=O) groups excluding carboxylic acids is 1. The van der Waals surface area contributed by atoms with Crippen molar-refractivity contribution in [3.05, 3.63) is 22.4 Å². The first kappa shape index (κ1) is 8.30. The molecule has 3 nitrogen and oxygen atoms in total. The molecule has 0 aromatic carbocycles. The highest BCUT2D eigenvalue weighted by molar-refractivity contribution is 6.34. The first-order valence-corrected chi connectivity index (χ1v) is 3.41. The molecule has 0 aliphatic carbocycles. The molecule has 1 rings (SSSR count). The highest BCUT2D eigenvalue weighted by Crippen LogP contribution is 2.24. The van der Waals surface area contributed by atoms with E-state index in [1.54, 1.807) is 0 Å². The third-order valence-corrected chi connectivity index (χ3v) is 1.46. The van der Waals surface area contributed by atoms with Crippen LogP contribution in [0.5, 0.6) is 5.75 Å². The smallest absolute Gasteiger partial charge is 0.298 e. The predicted octanol–water partition coefficient (Wildman–Crippen LogP) is 1.92. The maximum atomic E-state index is 9.87. The van der Waals surface area contributed by atoms with Crippen molar-refractivity contribution >= 4 is 29.7 Å². The van der Waals surface area contributed by atoms with E-state index in [2.05, 4.69) is 9.72 Å². The van der Waals surface area contributed by atoms with Crippen LogP contribution in [0.1, 0.15) is 0 Å². The Morgan fingerprint density at radius 1 is 1.55 bits per heavy atom. The Labute approximate surface area is 72.9 Å². The predicted molar refractivity (Wildman–Crippen MR) is 40.9 cm³/mol. The minimum Gasteiger partial charge on any atom is -0.425 e. The van der Waals surface area contributed by atoms with E-state index in [-0.39, 0.29) is 22.4 Å². The lowest BCUT2D eigenvalue weighted by molar-refractivity contribution is -0.120. The Hall–Kier alpha value is -0.800. The van der Waals surface area contributed by atoms with Gasteiger partial charge in [-0.1, -0.05) is 23.2 Å². The first-order chi connectivity index (χ1) is 5.24. The summed E-state index contributed by atoms with van der Waals surface area (Å²) in [5.74, 6) is 0.200. The van der Waals surface area contributed by atoms with Gasteiger partial charge >= 0.3 is 0 Å².